The number of unbranched alkanes of at least 4 members (excludes halogenated alkanes) is 2. The van der Waals surface area contributed by atoms with E-state index in [-0.39, 0.29) is 5.97 Å². The molecule has 1 aromatic carbocycles. The number of rotatable bonds is 7. The van der Waals surface area contributed by atoms with Gasteiger partial charge in [-0.15, -0.1) is 0 Å². The van der Waals surface area contributed by atoms with E-state index < -0.39 is 0 Å². The lowest BCUT2D eigenvalue weighted by Crippen LogP contribution is -2.09. The third-order valence-corrected chi connectivity index (χ3v) is 3.76. The molecule has 0 aliphatic heterocycles. The Morgan fingerprint density at radius 2 is 1.87 bits per heavy atom. The summed E-state index contributed by atoms with van der Waals surface area (Å²) < 4.78 is 5.00. The highest BCUT2D eigenvalue weighted by Gasteiger charge is 2.13. The number of ether oxygens (including phenoxy) is 1. The van der Waals surface area contributed by atoms with Crippen LogP contribution in [0.3, 0.4) is 0 Å². The van der Waals surface area contributed by atoms with Gasteiger partial charge < -0.3 is 4.74 Å². The van der Waals surface area contributed by atoms with Crippen LogP contribution in [0.5, 0.6) is 0 Å². The van der Waals surface area contributed by atoms with Crippen molar-refractivity contribution in [3.8, 4) is 11.4 Å². The van der Waals surface area contributed by atoms with Gasteiger partial charge in [0.15, 0.2) is 5.82 Å². The van der Waals surface area contributed by atoms with E-state index in [9.17, 15) is 4.79 Å². The van der Waals surface area contributed by atoms with E-state index in [2.05, 4.69) is 29.0 Å². The first kappa shape index (κ1) is 17.1. The lowest BCUT2D eigenvalue weighted by atomic mass is 10.0. The monoisotopic (exact) mass is 312 g/mol. The molecule has 23 heavy (non-hydrogen) atoms. The van der Waals surface area contributed by atoms with Crippen LogP contribution < -0.4 is 0 Å². The minimum Gasteiger partial charge on any atom is -0.462 e. The first-order chi connectivity index (χ1) is 11.2. The Labute approximate surface area is 137 Å². The van der Waals surface area contributed by atoms with Gasteiger partial charge in [0.05, 0.1) is 17.9 Å². The van der Waals surface area contributed by atoms with Gasteiger partial charge in [-0.05, 0) is 32.3 Å². The van der Waals surface area contributed by atoms with Gasteiger partial charge in [0.2, 0.25) is 0 Å². The molecule has 1 aromatic heterocycles. The van der Waals surface area contributed by atoms with Gasteiger partial charge in [-0.25, -0.2) is 14.8 Å². The zero-order valence-corrected chi connectivity index (χ0v) is 14.1. The highest BCUT2D eigenvalue weighted by Crippen LogP contribution is 2.18. The molecule has 0 fully saturated rings. The fourth-order valence-corrected chi connectivity index (χ4v) is 2.42. The van der Waals surface area contributed by atoms with Crippen molar-refractivity contribution in [3.05, 3.63) is 47.3 Å². The predicted octanol–water partition coefficient (Wildman–Crippen LogP) is 4.36. The van der Waals surface area contributed by atoms with Crippen molar-refractivity contribution in [2.75, 3.05) is 6.61 Å². The molecule has 0 aliphatic rings. The summed E-state index contributed by atoms with van der Waals surface area (Å²) in [5.41, 5.74) is 3.36. The third kappa shape index (κ3) is 4.62. The van der Waals surface area contributed by atoms with Crippen LogP contribution in [0, 0.1) is 6.92 Å². The van der Waals surface area contributed by atoms with Crippen LogP contribution in [0.1, 0.15) is 54.7 Å². The molecule has 0 spiro atoms. The molecule has 0 atom stereocenters. The quantitative estimate of drug-likeness (QED) is 0.563. The van der Waals surface area contributed by atoms with Crippen LogP contribution in [-0.4, -0.2) is 22.5 Å². The number of hydrogen-bond acceptors (Lipinski definition) is 4. The topological polar surface area (TPSA) is 52.1 Å². The van der Waals surface area contributed by atoms with Crippen molar-refractivity contribution in [1.82, 2.24) is 9.97 Å². The number of carbonyl (C=O) groups excluding carboxylic acids is 1. The maximum Gasteiger partial charge on any atom is 0.341 e. The summed E-state index contributed by atoms with van der Waals surface area (Å²) >= 11 is 0. The Hall–Kier alpha value is -2.23. The molecule has 122 valence electrons. The SMILES string of the molecule is CCCCCc1ccc(-c2ncc(C(=O)OCC)c(C)n2)cc1. The minimum atomic E-state index is -0.372. The molecule has 2 rings (SSSR count). The lowest BCUT2D eigenvalue weighted by Gasteiger charge is -2.07. The fraction of sp³-hybridized carbons (Fsp3) is 0.421. The number of benzene rings is 1. The Kier molecular flexibility index (Phi) is 6.27. The molecular weight excluding hydrogens is 288 g/mol. The molecule has 2 aromatic rings. The summed E-state index contributed by atoms with van der Waals surface area (Å²) in [4.78, 5) is 20.5. The van der Waals surface area contributed by atoms with Gasteiger partial charge >= 0.3 is 5.97 Å². The van der Waals surface area contributed by atoms with E-state index in [1.54, 1.807) is 20.0 Å². The zero-order valence-electron chi connectivity index (χ0n) is 14.1. The normalized spacial score (nSPS) is 10.6. The highest BCUT2D eigenvalue weighted by molar-refractivity contribution is 5.90. The van der Waals surface area contributed by atoms with Crippen LogP contribution in [0.15, 0.2) is 30.5 Å². The molecule has 0 amide bonds. The highest BCUT2D eigenvalue weighted by atomic mass is 16.5. The van der Waals surface area contributed by atoms with E-state index in [0.717, 1.165) is 12.0 Å². The molecule has 4 nitrogen and oxygen atoms in total. The van der Waals surface area contributed by atoms with Gasteiger partial charge in [0.1, 0.15) is 0 Å². The molecule has 0 saturated heterocycles. The van der Waals surface area contributed by atoms with Crippen molar-refractivity contribution in [1.29, 1.82) is 0 Å². The van der Waals surface area contributed by atoms with E-state index in [1.807, 2.05) is 12.1 Å². The van der Waals surface area contributed by atoms with Gasteiger partial charge in [0.25, 0.3) is 0 Å². The van der Waals surface area contributed by atoms with Crippen LogP contribution in [0.2, 0.25) is 0 Å². The molecule has 0 radical (unpaired) electrons. The number of nitrogens with zero attached hydrogens (tertiary/aromatic N) is 2. The molecule has 1 heterocycles. The van der Waals surface area contributed by atoms with Gasteiger partial charge in [-0.2, -0.15) is 0 Å². The van der Waals surface area contributed by atoms with Crippen molar-refractivity contribution in [2.24, 2.45) is 0 Å². The predicted molar refractivity (Wildman–Crippen MR) is 91.4 cm³/mol. The van der Waals surface area contributed by atoms with Crippen LogP contribution >= 0.6 is 0 Å². The number of esters is 1. The molecule has 0 N–H and O–H groups in total. The Morgan fingerprint density at radius 1 is 1.13 bits per heavy atom. The number of aryl methyl sites for hydroxylation is 2. The molecule has 0 bridgehead atoms. The molecule has 0 aliphatic carbocycles. The van der Waals surface area contributed by atoms with Gasteiger partial charge in [0, 0.05) is 11.8 Å². The molecule has 0 unspecified atom stereocenters. The second-order valence-corrected chi connectivity index (χ2v) is 5.57. The van der Waals surface area contributed by atoms with Crippen LogP contribution in [0.25, 0.3) is 11.4 Å². The first-order valence-corrected chi connectivity index (χ1v) is 8.25. The Morgan fingerprint density at radius 3 is 2.48 bits per heavy atom. The third-order valence-electron chi connectivity index (χ3n) is 3.76. The minimum absolute atomic E-state index is 0.347. The number of carbonyl (C=O) groups is 1. The van der Waals surface area contributed by atoms with E-state index in [4.69, 9.17) is 4.74 Å². The average Bonchev–Trinajstić information content (AvgIpc) is 2.56. The van der Waals surface area contributed by atoms with E-state index in [0.29, 0.717) is 23.7 Å². The van der Waals surface area contributed by atoms with Crippen molar-refractivity contribution in [2.45, 2.75) is 46.5 Å². The summed E-state index contributed by atoms with van der Waals surface area (Å²) in [7, 11) is 0. The summed E-state index contributed by atoms with van der Waals surface area (Å²) in [6.07, 6.45) is 6.37. The number of hydrogen-bond donors (Lipinski definition) is 0. The van der Waals surface area contributed by atoms with E-state index >= 15 is 0 Å². The van der Waals surface area contributed by atoms with Gasteiger partial charge in [-0.3, -0.25) is 0 Å². The molecule has 0 saturated carbocycles. The Balaban J connectivity index is 2.12. The van der Waals surface area contributed by atoms with E-state index in [1.165, 1.54) is 24.8 Å². The lowest BCUT2D eigenvalue weighted by molar-refractivity contribution is 0.0524. The zero-order chi connectivity index (χ0) is 16.7. The molecule has 4 heteroatoms. The summed E-state index contributed by atoms with van der Waals surface area (Å²) in [5, 5.41) is 0. The average molecular weight is 312 g/mol. The second kappa shape index (κ2) is 8.42. The summed E-state index contributed by atoms with van der Waals surface area (Å²) in [6.45, 7) is 6.14. The second-order valence-electron chi connectivity index (χ2n) is 5.57. The summed E-state index contributed by atoms with van der Waals surface area (Å²) in [5.74, 6) is 0.262. The maximum atomic E-state index is 11.8. The van der Waals surface area contributed by atoms with Crippen molar-refractivity contribution >= 4 is 5.97 Å². The Bertz CT molecular complexity index is 651. The van der Waals surface area contributed by atoms with Crippen LogP contribution in [0.4, 0.5) is 0 Å². The smallest absolute Gasteiger partial charge is 0.341 e. The van der Waals surface area contributed by atoms with Gasteiger partial charge in [-0.1, -0.05) is 44.0 Å². The largest absolute Gasteiger partial charge is 0.462 e. The van der Waals surface area contributed by atoms with Crippen LogP contribution in [-0.2, 0) is 11.2 Å². The van der Waals surface area contributed by atoms with Crippen molar-refractivity contribution < 1.29 is 9.53 Å². The maximum absolute atomic E-state index is 11.8. The standard InChI is InChI=1S/C19H24N2O2/c1-4-6-7-8-15-9-11-16(12-10-15)18-20-13-17(14(3)21-18)19(22)23-5-2/h9-13H,4-8H2,1-3H3. The van der Waals surface area contributed by atoms with Crippen molar-refractivity contribution in [3.63, 3.8) is 0 Å². The molecular formula is C19H24N2O2. The fourth-order valence-electron chi connectivity index (χ4n) is 2.42. The number of aromatic nitrogens is 2. The summed E-state index contributed by atoms with van der Waals surface area (Å²) in [6, 6.07) is 8.34. The first-order valence-electron chi connectivity index (χ1n) is 8.25.